The van der Waals surface area contributed by atoms with Crippen LogP contribution in [0.5, 0.6) is 11.6 Å². The minimum Gasteiger partial charge on any atom is -0.439 e. The van der Waals surface area contributed by atoms with Crippen molar-refractivity contribution in [1.82, 2.24) is 10.1 Å². The average molecular weight is 400 g/mol. The third kappa shape index (κ3) is 4.33. The highest BCUT2D eigenvalue weighted by molar-refractivity contribution is 6.02. The maximum absolute atomic E-state index is 12.4. The lowest BCUT2D eigenvalue weighted by molar-refractivity contribution is 0.0984. The molecule has 0 bridgehead atoms. The van der Waals surface area contributed by atoms with Gasteiger partial charge in [-0.05, 0) is 24.3 Å². The number of hydrogen-bond donors (Lipinski definition) is 2. The molecule has 8 nitrogen and oxygen atoms in total. The molecule has 0 aliphatic rings. The van der Waals surface area contributed by atoms with Crippen molar-refractivity contribution < 1.29 is 18.8 Å². The molecule has 3 N–H and O–H groups in total. The van der Waals surface area contributed by atoms with Crippen LogP contribution < -0.4 is 15.8 Å². The summed E-state index contributed by atoms with van der Waals surface area (Å²) in [6.45, 7) is 0. The van der Waals surface area contributed by atoms with Crippen molar-refractivity contribution in [3.63, 3.8) is 0 Å². The van der Waals surface area contributed by atoms with Crippen LogP contribution in [0.15, 0.2) is 83.5 Å². The van der Waals surface area contributed by atoms with E-state index in [1.807, 2.05) is 30.3 Å². The molecule has 30 heavy (non-hydrogen) atoms. The van der Waals surface area contributed by atoms with Crippen LogP contribution in [0, 0.1) is 0 Å². The molecule has 148 valence electrons. The van der Waals surface area contributed by atoms with E-state index in [1.165, 1.54) is 12.3 Å². The van der Waals surface area contributed by atoms with Gasteiger partial charge in [0.25, 0.3) is 5.91 Å². The molecule has 0 saturated carbocycles. The van der Waals surface area contributed by atoms with E-state index in [1.54, 1.807) is 36.4 Å². The Hall–Kier alpha value is -4.46. The summed E-state index contributed by atoms with van der Waals surface area (Å²) in [6, 6.07) is 20.6. The van der Waals surface area contributed by atoms with Crippen LogP contribution in [0.4, 0.5) is 5.69 Å². The second-order valence-electron chi connectivity index (χ2n) is 6.28. The van der Waals surface area contributed by atoms with Gasteiger partial charge in [0.1, 0.15) is 11.4 Å². The van der Waals surface area contributed by atoms with Gasteiger partial charge in [0.15, 0.2) is 0 Å². The number of pyridine rings is 1. The van der Waals surface area contributed by atoms with E-state index in [9.17, 15) is 9.59 Å². The number of amides is 2. The molecule has 8 heteroatoms. The van der Waals surface area contributed by atoms with E-state index in [0.717, 1.165) is 5.56 Å². The van der Waals surface area contributed by atoms with Crippen molar-refractivity contribution in [2.45, 2.75) is 0 Å². The number of benzene rings is 2. The molecule has 0 saturated heterocycles. The molecular weight excluding hydrogens is 384 g/mol. The van der Waals surface area contributed by atoms with Gasteiger partial charge in [0.05, 0.1) is 11.9 Å². The van der Waals surface area contributed by atoms with Gasteiger partial charge >= 0.3 is 0 Å². The smallest absolute Gasteiger partial charge is 0.294 e. The van der Waals surface area contributed by atoms with E-state index >= 15 is 0 Å². The van der Waals surface area contributed by atoms with Crippen molar-refractivity contribution in [3.05, 3.63) is 90.3 Å². The summed E-state index contributed by atoms with van der Waals surface area (Å²) in [5.74, 6) is -0.201. The lowest BCUT2D eigenvalue weighted by Crippen LogP contribution is -2.11. The predicted molar refractivity (Wildman–Crippen MR) is 109 cm³/mol. The van der Waals surface area contributed by atoms with E-state index < -0.39 is 11.8 Å². The quantitative estimate of drug-likeness (QED) is 0.507. The van der Waals surface area contributed by atoms with Gasteiger partial charge < -0.3 is 20.3 Å². The number of nitrogens with one attached hydrogen (secondary N) is 1. The fourth-order valence-electron chi connectivity index (χ4n) is 2.67. The molecule has 0 radical (unpaired) electrons. The normalized spacial score (nSPS) is 10.4. The van der Waals surface area contributed by atoms with Crippen molar-refractivity contribution in [2.24, 2.45) is 5.73 Å². The maximum Gasteiger partial charge on any atom is 0.294 e. The number of carbonyl (C=O) groups excluding carboxylic acids is 2. The Morgan fingerprint density at radius 1 is 0.967 bits per heavy atom. The zero-order valence-electron chi connectivity index (χ0n) is 15.6. The number of primary amides is 1. The zero-order chi connectivity index (χ0) is 20.9. The molecule has 0 aliphatic carbocycles. The first-order chi connectivity index (χ1) is 14.6. The van der Waals surface area contributed by atoms with Gasteiger partial charge in [-0.15, -0.1) is 0 Å². The van der Waals surface area contributed by atoms with Gasteiger partial charge in [-0.3, -0.25) is 9.59 Å². The third-order valence-corrected chi connectivity index (χ3v) is 4.14. The molecule has 0 aliphatic heterocycles. The fraction of sp³-hybridized carbons (Fsp3) is 0. The number of anilines is 1. The molecule has 2 aromatic heterocycles. The van der Waals surface area contributed by atoms with E-state index in [-0.39, 0.29) is 5.76 Å². The summed E-state index contributed by atoms with van der Waals surface area (Å²) in [5, 5.41) is 6.61. The number of aromatic nitrogens is 2. The van der Waals surface area contributed by atoms with Crippen LogP contribution in [0.1, 0.15) is 20.9 Å². The standard InChI is InChI=1S/C22H16N4O4/c23-21(27)15-7-4-8-17(11-15)29-20-10-9-16(13-24-20)25-22(28)19-12-18(26-30-19)14-5-2-1-3-6-14/h1-13H,(H2,23,27)(H,25,28). The van der Waals surface area contributed by atoms with E-state index in [4.69, 9.17) is 15.0 Å². The monoisotopic (exact) mass is 400 g/mol. The summed E-state index contributed by atoms with van der Waals surface area (Å²) in [6.07, 6.45) is 1.44. The summed E-state index contributed by atoms with van der Waals surface area (Å²) in [5.41, 5.74) is 7.47. The van der Waals surface area contributed by atoms with Crippen molar-refractivity contribution >= 4 is 17.5 Å². The summed E-state index contributed by atoms with van der Waals surface area (Å²) in [7, 11) is 0. The topological polar surface area (TPSA) is 120 Å². The number of carbonyl (C=O) groups is 2. The highest BCUT2D eigenvalue weighted by Gasteiger charge is 2.14. The Morgan fingerprint density at radius 3 is 2.53 bits per heavy atom. The van der Waals surface area contributed by atoms with Gasteiger partial charge in [-0.25, -0.2) is 4.98 Å². The molecule has 0 atom stereocenters. The molecule has 2 aromatic carbocycles. The first-order valence-corrected chi connectivity index (χ1v) is 8.96. The van der Waals surface area contributed by atoms with Crippen LogP contribution in [-0.4, -0.2) is 22.0 Å². The summed E-state index contributed by atoms with van der Waals surface area (Å²) < 4.78 is 10.7. The second-order valence-corrected chi connectivity index (χ2v) is 6.28. The fourth-order valence-corrected chi connectivity index (χ4v) is 2.67. The molecule has 2 heterocycles. The SMILES string of the molecule is NC(=O)c1cccc(Oc2ccc(NC(=O)c3cc(-c4ccccc4)no3)cn2)c1. The van der Waals surface area contributed by atoms with Gasteiger partial charge in [0.2, 0.25) is 17.5 Å². The minimum atomic E-state index is -0.547. The highest BCUT2D eigenvalue weighted by atomic mass is 16.5. The Labute approximate surface area is 171 Å². The number of ether oxygens (including phenoxy) is 1. The third-order valence-electron chi connectivity index (χ3n) is 4.14. The lowest BCUT2D eigenvalue weighted by atomic mass is 10.1. The lowest BCUT2D eigenvalue weighted by Gasteiger charge is -2.07. The zero-order valence-corrected chi connectivity index (χ0v) is 15.6. The van der Waals surface area contributed by atoms with Crippen molar-refractivity contribution in [2.75, 3.05) is 5.32 Å². The van der Waals surface area contributed by atoms with Crippen LogP contribution in [0.3, 0.4) is 0 Å². The molecule has 0 spiro atoms. The highest BCUT2D eigenvalue weighted by Crippen LogP contribution is 2.22. The molecular formula is C22H16N4O4. The Kier molecular flexibility index (Phi) is 5.21. The first-order valence-electron chi connectivity index (χ1n) is 8.96. The Bertz CT molecular complexity index is 1190. The predicted octanol–water partition coefficient (Wildman–Crippen LogP) is 3.88. The molecule has 0 fully saturated rings. The van der Waals surface area contributed by atoms with Gasteiger partial charge in [-0.1, -0.05) is 41.6 Å². The van der Waals surface area contributed by atoms with Crippen LogP contribution in [0.2, 0.25) is 0 Å². The Balaban J connectivity index is 1.41. The Morgan fingerprint density at radius 2 is 1.80 bits per heavy atom. The van der Waals surface area contributed by atoms with Gasteiger partial charge in [-0.2, -0.15) is 0 Å². The number of nitrogens with two attached hydrogens (primary N) is 1. The maximum atomic E-state index is 12.4. The van der Waals surface area contributed by atoms with Crippen LogP contribution >= 0.6 is 0 Å². The number of rotatable bonds is 6. The van der Waals surface area contributed by atoms with Crippen molar-refractivity contribution in [1.29, 1.82) is 0 Å². The number of nitrogens with zero attached hydrogens (tertiary/aromatic N) is 2. The van der Waals surface area contributed by atoms with Crippen LogP contribution in [0.25, 0.3) is 11.3 Å². The molecule has 0 unspecified atom stereocenters. The van der Waals surface area contributed by atoms with Crippen LogP contribution in [-0.2, 0) is 0 Å². The second kappa shape index (κ2) is 8.27. The molecule has 4 rings (SSSR count). The molecule has 2 amide bonds. The summed E-state index contributed by atoms with van der Waals surface area (Å²) >= 11 is 0. The largest absolute Gasteiger partial charge is 0.439 e. The molecule has 4 aromatic rings. The average Bonchev–Trinajstić information content (AvgIpc) is 3.26. The van der Waals surface area contributed by atoms with Crippen molar-refractivity contribution in [3.8, 4) is 22.9 Å². The number of hydrogen-bond acceptors (Lipinski definition) is 6. The first kappa shape index (κ1) is 18.9. The van der Waals surface area contributed by atoms with E-state index in [2.05, 4.69) is 15.5 Å². The minimum absolute atomic E-state index is 0.0810. The summed E-state index contributed by atoms with van der Waals surface area (Å²) in [4.78, 5) is 27.8. The van der Waals surface area contributed by atoms with E-state index in [0.29, 0.717) is 28.6 Å². The van der Waals surface area contributed by atoms with Gasteiger partial charge in [0, 0.05) is 23.3 Å².